The molecule has 4 rings (SSSR count). The third-order valence-corrected chi connectivity index (χ3v) is 6.00. The highest BCUT2D eigenvalue weighted by Gasteiger charge is 2.33. The molecule has 0 atom stereocenters. The van der Waals surface area contributed by atoms with E-state index < -0.39 is 48.9 Å². The fourth-order valence-corrected chi connectivity index (χ4v) is 4.17. The molecule has 0 aliphatic heterocycles. The van der Waals surface area contributed by atoms with Crippen LogP contribution in [0.25, 0.3) is 11.2 Å². The number of imidazole rings is 1. The molecule has 0 saturated heterocycles. The molecular weight excluding hydrogens is 575 g/mol. The van der Waals surface area contributed by atoms with Crippen LogP contribution in [0.3, 0.4) is 0 Å². The Bertz CT molecular complexity index is 1520. The molecule has 0 aliphatic carbocycles. The Morgan fingerprint density at radius 3 is 2.41 bits per heavy atom. The minimum Gasteiger partial charge on any atom is -0.471 e. The molecule has 0 unspecified atom stereocenters. The predicted molar refractivity (Wildman–Crippen MR) is 132 cm³/mol. The van der Waals surface area contributed by atoms with Crippen molar-refractivity contribution in [2.24, 2.45) is 7.05 Å². The molecule has 2 aromatic carbocycles. The number of benzene rings is 2. The highest BCUT2D eigenvalue weighted by Crippen LogP contribution is 2.35. The van der Waals surface area contributed by atoms with Crippen molar-refractivity contribution in [3.63, 3.8) is 0 Å². The number of amides is 1. The average molecular weight is 592 g/mol. The third-order valence-electron chi connectivity index (χ3n) is 5.41. The summed E-state index contributed by atoms with van der Waals surface area (Å²) in [6.07, 6.45) is -7.55. The molecule has 4 aromatic rings. The van der Waals surface area contributed by atoms with Crippen LogP contribution in [-0.2, 0) is 19.8 Å². The van der Waals surface area contributed by atoms with Gasteiger partial charge in [0.15, 0.2) is 12.3 Å². The second-order valence-electron chi connectivity index (χ2n) is 8.09. The number of rotatable bonds is 8. The fraction of sp³-hybridized carbons (Fsp3) is 0.208. The lowest BCUT2D eigenvalue weighted by molar-refractivity contribution is -0.138. The number of aromatic nitrogens is 3. The van der Waals surface area contributed by atoms with E-state index in [0.29, 0.717) is 0 Å². The van der Waals surface area contributed by atoms with Gasteiger partial charge in [-0.3, -0.25) is 9.36 Å². The molecule has 39 heavy (non-hydrogen) atoms. The van der Waals surface area contributed by atoms with E-state index in [0.717, 1.165) is 18.2 Å². The summed E-state index contributed by atoms with van der Waals surface area (Å²) in [5, 5.41) is 5.05. The minimum atomic E-state index is -4.65. The van der Waals surface area contributed by atoms with Crippen molar-refractivity contribution < 1.29 is 35.9 Å². The summed E-state index contributed by atoms with van der Waals surface area (Å²) in [6.45, 7) is -1.61. The Balaban J connectivity index is 1.69. The quantitative estimate of drug-likeness (QED) is 0.221. The van der Waals surface area contributed by atoms with Crippen LogP contribution in [0.2, 0.25) is 10.0 Å². The number of carbonyl (C=O) groups is 1. The van der Waals surface area contributed by atoms with Crippen LogP contribution in [0.15, 0.2) is 42.5 Å². The number of hydrogen-bond donors (Lipinski definition) is 2. The van der Waals surface area contributed by atoms with Gasteiger partial charge in [0.05, 0.1) is 21.3 Å². The molecule has 2 aromatic heterocycles. The van der Waals surface area contributed by atoms with Crippen molar-refractivity contribution >= 4 is 51.9 Å². The molecule has 7 nitrogen and oxygen atoms in total. The number of halogens is 8. The predicted octanol–water partition coefficient (Wildman–Crippen LogP) is 6.75. The summed E-state index contributed by atoms with van der Waals surface area (Å²) in [5.74, 6) is -2.01. The van der Waals surface area contributed by atoms with Gasteiger partial charge in [0.1, 0.15) is 16.9 Å². The van der Waals surface area contributed by atoms with Gasteiger partial charge in [-0.25, -0.2) is 18.2 Å². The maximum absolute atomic E-state index is 13.6. The highest BCUT2D eigenvalue weighted by atomic mass is 35.5. The second-order valence-corrected chi connectivity index (χ2v) is 8.90. The first-order chi connectivity index (χ1) is 18.3. The summed E-state index contributed by atoms with van der Waals surface area (Å²) in [5.41, 5.74) is -1.18. The number of aryl methyl sites for hydroxylation is 1. The Morgan fingerprint density at radius 2 is 1.77 bits per heavy atom. The number of ether oxygens (including phenoxy) is 1. The van der Waals surface area contributed by atoms with E-state index in [9.17, 15) is 31.1 Å². The summed E-state index contributed by atoms with van der Waals surface area (Å²) in [6, 6.07) is 7.88. The van der Waals surface area contributed by atoms with E-state index in [1.54, 1.807) is 0 Å². The number of fused-ring (bicyclic) bond motifs is 1. The third kappa shape index (κ3) is 6.31. The van der Waals surface area contributed by atoms with Crippen LogP contribution >= 0.6 is 23.2 Å². The van der Waals surface area contributed by atoms with Gasteiger partial charge in [-0.15, -0.1) is 0 Å². The molecule has 2 heterocycles. The van der Waals surface area contributed by atoms with Gasteiger partial charge in [-0.2, -0.15) is 18.2 Å². The molecule has 206 valence electrons. The standard InChI is InChI=1S/C24H17Cl2F6N5O2/c1-37-20-17(34-23(37)35-19-15(25)6-12(27)7-16(19)26)8-13(22(36-20)39-10-18(28)29)21(38)33-9-11-4-2-3-5-14(11)24(30,31)32/h2-8,18H,9-10H2,1H3,(H,33,38)(H,34,35). The van der Waals surface area contributed by atoms with Gasteiger partial charge < -0.3 is 15.4 Å². The van der Waals surface area contributed by atoms with Crippen molar-refractivity contribution in [1.82, 2.24) is 19.9 Å². The zero-order valence-corrected chi connectivity index (χ0v) is 21.2. The largest absolute Gasteiger partial charge is 0.471 e. The number of nitrogens with zero attached hydrogens (tertiary/aromatic N) is 3. The van der Waals surface area contributed by atoms with E-state index in [-0.39, 0.29) is 44.0 Å². The topological polar surface area (TPSA) is 81.1 Å². The minimum absolute atomic E-state index is 0.0554. The molecule has 0 saturated carbocycles. The fourth-order valence-electron chi connectivity index (χ4n) is 3.62. The van der Waals surface area contributed by atoms with Gasteiger partial charge in [0.2, 0.25) is 11.8 Å². The number of pyridine rings is 1. The number of alkyl halides is 5. The maximum Gasteiger partial charge on any atom is 0.416 e. The summed E-state index contributed by atoms with van der Waals surface area (Å²) in [4.78, 5) is 21.4. The van der Waals surface area contributed by atoms with Gasteiger partial charge in [0.25, 0.3) is 12.3 Å². The Labute approximate surface area is 226 Å². The molecule has 2 N–H and O–H groups in total. The van der Waals surface area contributed by atoms with Crippen LogP contribution in [0, 0.1) is 5.82 Å². The summed E-state index contributed by atoms with van der Waals surface area (Å²) < 4.78 is 85.7. The van der Waals surface area contributed by atoms with Crippen LogP contribution in [0.5, 0.6) is 5.88 Å². The lowest BCUT2D eigenvalue weighted by Crippen LogP contribution is -2.26. The smallest absolute Gasteiger partial charge is 0.416 e. The van der Waals surface area contributed by atoms with E-state index in [2.05, 4.69) is 20.6 Å². The van der Waals surface area contributed by atoms with Crippen LogP contribution in [0.1, 0.15) is 21.5 Å². The van der Waals surface area contributed by atoms with Crippen molar-refractivity contribution in [2.45, 2.75) is 19.1 Å². The molecule has 0 radical (unpaired) electrons. The number of anilines is 2. The first kappa shape index (κ1) is 28.3. The SMILES string of the molecule is Cn1c(Nc2c(Cl)cc(F)cc2Cl)nc2cc(C(=O)NCc3ccccc3C(F)(F)F)c(OCC(F)F)nc21. The van der Waals surface area contributed by atoms with E-state index >= 15 is 0 Å². The lowest BCUT2D eigenvalue weighted by atomic mass is 10.1. The van der Waals surface area contributed by atoms with Gasteiger partial charge in [-0.05, 0) is 29.8 Å². The molecular formula is C24H17Cl2F6N5O2. The monoisotopic (exact) mass is 591 g/mol. The highest BCUT2D eigenvalue weighted by molar-refractivity contribution is 6.39. The molecule has 0 aliphatic rings. The van der Waals surface area contributed by atoms with E-state index in [1.165, 1.54) is 35.9 Å². The van der Waals surface area contributed by atoms with Crippen molar-refractivity contribution in [3.8, 4) is 5.88 Å². The van der Waals surface area contributed by atoms with Gasteiger partial charge in [-0.1, -0.05) is 41.4 Å². The molecule has 1 amide bonds. The number of nitrogens with one attached hydrogen (secondary N) is 2. The van der Waals surface area contributed by atoms with Gasteiger partial charge in [0, 0.05) is 13.6 Å². The first-order valence-electron chi connectivity index (χ1n) is 11.0. The Morgan fingerprint density at radius 1 is 1.10 bits per heavy atom. The Kier molecular flexibility index (Phi) is 8.12. The normalized spacial score (nSPS) is 11.7. The zero-order valence-electron chi connectivity index (χ0n) is 19.7. The second kappa shape index (κ2) is 11.2. The molecule has 15 heteroatoms. The molecule has 0 bridgehead atoms. The summed E-state index contributed by atoms with van der Waals surface area (Å²) in [7, 11) is 1.50. The van der Waals surface area contributed by atoms with Crippen molar-refractivity contribution in [2.75, 3.05) is 11.9 Å². The summed E-state index contributed by atoms with van der Waals surface area (Å²) >= 11 is 12.1. The van der Waals surface area contributed by atoms with E-state index in [4.69, 9.17) is 27.9 Å². The zero-order chi connectivity index (χ0) is 28.5. The number of carbonyl (C=O) groups excluding carboxylic acids is 1. The van der Waals surface area contributed by atoms with E-state index in [1.807, 2.05) is 0 Å². The number of hydrogen-bond acceptors (Lipinski definition) is 5. The van der Waals surface area contributed by atoms with Crippen LogP contribution in [0.4, 0.5) is 38.0 Å². The molecule has 0 spiro atoms. The van der Waals surface area contributed by atoms with Crippen LogP contribution < -0.4 is 15.4 Å². The van der Waals surface area contributed by atoms with Crippen LogP contribution in [-0.4, -0.2) is 33.5 Å². The Hall–Kier alpha value is -3.71. The van der Waals surface area contributed by atoms with Crippen molar-refractivity contribution in [3.05, 3.63) is 75.0 Å². The lowest BCUT2D eigenvalue weighted by Gasteiger charge is -2.14. The average Bonchev–Trinajstić information content (AvgIpc) is 3.16. The van der Waals surface area contributed by atoms with Crippen molar-refractivity contribution in [1.29, 1.82) is 0 Å². The molecule has 0 fully saturated rings. The van der Waals surface area contributed by atoms with Gasteiger partial charge >= 0.3 is 6.18 Å². The first-order valence-corrected chi connectivity index (χ1v) is 11.7. The maximum atomic E-state index is 13.6.